The van der Waals surface area contributed by atoms with Crippen molar-refractivity contribution in [2.75, 3.05) is 0 Å². The summed E-state index contributed by atoms with van der Waals surface area (Å²) in [5, 5.41) is 22.9. The monoisotopic (exact) mass is 506 g/mol. The summed E-state index contributed by atoms with van der Waals surface area (Å²) in [6.45, 7) is 21.7. The van der Waals surface area contributed by atoms with Crippen molar-refractivity contribution in [3.05, 3.63) is 23.7 Å². The SMILES string of the molecule is CC(C)(C)C(=O)/C=C(\[O-])C(C)(C)C.CC(C)(C)C(=O)/C=C(\[O-])C(C)(C)C.[Ce]. The Labute approximate surface area is 200 Å². The van der Waals surface area contributed by atoms with E-state index in [0.717, 1.165) is 0 Å². The summed E-state index contributed by atoms with van der Waals surface area (Å²) in [7, 11) is 0. The Morgan fingerprint density at radius 3 is 0.815 bits per heavy atom. The molecule has 0 aliphatic rings. The van der Waals surface area contributed by atoms with Crippen molar-refractivity contribution in [3.8, 4) is 0 Å². The molecule has 0 rings (SSSR count). The summed E-state index contributed by atoms with van der Waals surface area (Å²) in [5.41, 5.74) is -1.83. The molecule has 0 aliphatic carbocycles. The van der Waals surface area contributed by atoms with Crippen LogP contribution in [0.5, 0.6) is 0 Å². The summed E-state index contributed by atoms with van der Waals surface area (Å²) >= 11 is 0. The first-order valence-electron chi connectivity index (χ1n) is 8.97. The van der Waals surface area contributed by atoms with Crippen molar-refractivity contribution in [2.24, 2.45) is 21.7 Å². The van der Waals surface area contributed by atoms with Crippen molar-refractivity contribution in [1.82, 2.24) is 0 Å². The Hall–Kier alpha value is -0.203. The van der Waals surface area contributed by atoms with E-state index in [9.17, 15) is 19.8 Å². The molecule has 0 saturated heterocycles. The summed E-state index contributed by atoms with van der Waals surface area (Å²) < 4.78 is 0. The Kier molecular flexibility index (Phi) is 12.9. The van der Waals surface area contributed by atoms with Crippen LogP contribution in [0.1, 0.15) is 83.1 Å². The van der Waals surface area contributed by atoms with E-state index in [1.54, 1.807) is 0 Å². The van der Waals surface area contributed by atoms with Gasteiger partial charge in [0.05, 0.1) is 0 Å². The van der Waals surface area contributed by atoms with Gasteiger partial charge in [-0.05, 0) is 23.0 Å². The maximum atomic E-state index is 11.4. The summed E-state index contributed by atoms with van der Waals surface area (Å²) in [6.07, 6.45) is 2.44. The van der Waals surface area contributed by atoms with Gasteiger partial charge in [0.15, 0.2) is 11.6 Å². The second-order valence-electron chi connectivity index (χ2n) is 10.7. The van der Waals surface area contributed by atoms with Gasteiger partial charge in [0.2, 0.25) is 0 Å². The first-order valence-corrected chi connectivity index (χ1v) is 8.97. The number of hydrogen-bond donors (Lipinski definition) is 0. The minimum Gasteiger partial charge on any atom is -0.875 e. The van der Waals surface area contributed by atoms with Crippen molar-refractivity contribution in [2.45, 2.75) is 83.1 Å². The number of rotatable bonds is 2. The van der Waals surface area contributed by atoms with E-state index < -0.39 is 21.7 Å². The molecule has 0 amide bonds. The molecule has 4 nitrogen and oxygen atoms in total. The van der Waals surface area contributed by atoms with Gasteiger partial charge in [-0.25, -0.2) is 0 Å². The Morgan fingerprint density at radius 2 is 0.704 bits per heavy atom. The van der Waals surface area contributed by atoms with Gasteiger partial charge in [-0.3, -0.25) is 9.59 Å². The molecule has 0 N–H and O–H groups in total. The fraction of sp³-hybridized carbons (Fsp3) is 0.727. The third kappa shape index (κ3) is 14.4. The molecular weight excluding hydrogens is 468 g/mol. The van der Waals surface area contributed by atoms with Crippen molar-refractivity contribution >= 4 is 11.6 Å². The molecule has 0 saturated carbocycles. The third-order valence-corrected chi connectivity index (χ3v) is 3.48. The minimum absolute atomic E-state index is 0. The van der Waals surface area contributed by atoms with E-state index in [1.807, 2.05) is 83.1 Å². The summed E-state index contributed by atoms with van der Waals surface area (Å²) in [4.78, 5) is 22.9. The standard InChI is InChI=1S/2C11H20O2.Ce/c2*1-10(2,3)8(12)7-9(13)11(4,5)6;/h2*7,12H,1-6H3;/p-2/b2*8-7-;. The van der Waals surface area contributed by atoms with E-state index in [1.165, 1.54) is 12.2 Å². The molecule has 156 valence electrons. The van der Waals surface area contributed by atoms with Crippen molar-refractivity contribution in [1.29, 1.82) is 0 Å². The van der Waals surface area contributed by atoms with Gasteiger partial charge in [-0.2, -0.15) is 0 Å². The van der Waals surface area contributed by atoms with Crippen LogP contribution in [0.15, 0.2) is 23.7 Å². The van der Waals surface area contributed by atoms with Gasteiger partial charge in [0.25, 0.3) is 0 Å². The topological polar surface area (TPSA) is 80.3 Å². The van der Waals surface area contributed by atoms with Gasteiger partial charge in [0, 0.05) is 52.6 Å². The van der Waals surface area contributed by atoms with Crippen LogP contribution in [0.3, 0.4) is 0 Å². The van der Waals surface area contributed by atoms with Crippen molar-refractivity contribution in [3.63, 3.8) is 0 Å². The summed E-state index contributed by atoms with van der Waals surface area (Å²) in [6, 6.07) is 0. The molecular formula is C22H38CeO4-2. The van der Waals surface area contributed by atoms with E-state index in [0.29, 0.717) is 0 Å². The van der Waals surface area contributed by atoms with Gasteiger partial charge in [0.1, 0.15) is 0 Å². The van der Waals surface area contributed by atoms with Gasteiger partial charge >= 0.3 is 0 Å². The number of ketones is 2. The largest absolute Gasteiger partial charge is 0.875 e. The fourth-order valence-corrected chi connectivity index (χ4v) is 1.10. The Morgan fingerprint density at radius 1 is 0.519 bits per heavy atom. The molecule has 0 atom stereocenters. The smallest absolute Gasteiger partial charge is 0.160 e. The predicted octanol–water partition coefficient (Wildman–Crippen LogP) is 3.78. The van der Waals surface area contributed by atoms with Crippen LogP contribution in [0.2, 0.25) is 0 Å². The molecule has 0 bridgehead atoms. The van der Waals surface area contributed by atoms with E-state index in [-0.39, 0.29) is 64.8 Å². The number of carbonyl (C=O) groups is 2. The normalized spacial score (nSPS) is 13.9. The molecule has 0 heterocycles. The number of allylic oxidation sites excluding steroid dienone is 4. The molecule has 0 spiro atoms. The van der Waals surface area contributed by atoms with Crippen LogP contribution < -0.4 is 10.2 Å². The zero-order valence-electron chi connectivity index (χ0n) is 19.3. The van der Waals surface area contributed by atoms with Crippen molar-refractivity contribution < 1.29 is 61.5 Å². The molecule has 0 aromatic carbocycles. The minimum atomic E-state index is -0.457. The quantitative estimate of drug-likeness (QED) is 0.422. The average molecular weight is 507 g/mol. The van der Waals surface area contributed by atoms with Gasteiger partial charge in [-0.15, -0.1) is 11.5 Å². The van der Waals surface area contributed by atoms with Gasteiger partial charge < -0.3 is 10.2 Å². The Balaban J connectivity index is -0.000000411. The molecule has 0 unspecified atom stereocenters. The van der Waals surface area contributed by atoms with Crippen LogP contribution in [0, 0.1) is 63.4 Å². The zero-order valence-corrected chi connectivity index (χ0v) is 22.4. The second-order valence-corrected chi connectivity index (χ2v) is 10.7. The predicted molar refractivity (Wildman–Crippen MR) is 104 cm³/mol. The fourth-order valence-electron chi connectivity index (χ4n) is 1.10. The van der Waals surface area contributed by atoms with E-state index in [2.05, 4.69) is 0 Å². The van der Waals surface area contributed by atoms with Crippen LogP contribution in [0.4, 0.5) is 0 Å². The first kappa shape index (κ1) is 31.5. The maximum absolute atomic E-state index is 11.4. The van der Waals surface area contributed by atoms with Crippen LogP contribution in [-0.2, 0) is 9.59 Å². The van der Waals surface area contributed by atoms with Crippen LogP contribution in [0.25, 0.3) is 0 Å². The molecule has 0 radical (unpaired) electrons. The van der Waals surface area contributed by atoms with E-state index >= 15 is 0 Å². The molecule has 0 aromatic heterocycles. The van der Waals surface area contributed by atoms with Crippen LogP contribution in [-0.4, -0.2) is 11.6 Å². The molecule has 0 fully saturated rings. The van der Waals surface area contributed by atoms with Crippen LogP contribution >= 0.6 is 0 Å². The Bertz CT molecular complexity index is 505. The molecule has 0 aliphatic heterocycles. The molecule has 27 heavy (non-hydrogen) atoms. The van der Waals surface area contributed by atoms with Gasteiger partial charge in [-0.1, -0.05) is 83.1 Å². The summed E-state index contributed by atoms with van der Waals surface area (Å²) in [5.74, 6) is -0.417. The number of carbonyl (C=O) groups excluding carboxylic acids is 2. The molecule has 0 aromatic rings. The maximum Gasteiger partial charge on any atom is 0.160 e. The second kappa shape index (κ2) is 11.1. The first-order chi connectivity index (χ1) is 11.1. The average Bonchev–Trinajstić information content (AvgIpc) is 2.34. The van der Waals surface area contributed by atoms with E-state index in [4.69, 9.17) is 0 Å². The number of hydrogen-bond acceptors (Lipinski definition) is 4. The zero-order chi connectivity index (χ0) is 21.7. The molecule has 5 heteroatoms. The third-order valence-electron chi connectivity index (χ3n) is 3.48.